The second-order valence-corrected chi connectivity index (χ2v) is 6.98. The summed E-state index contributed by atoms with van der Waals surface area (Å²) in [6.45, 7) is 6.34. The summed E-state index contributed by atoms with van der Waals surface area (Å²) in [4.78, 5) is 6.71. The summed E-state index contributed by atoms with van der Waals surface area (Å²) in [5, 5.41) is 3.40. The van der Waals surface area contributed by atoms with E-state index < -0.39 is 0 Å². The largest absolute Gasteiger partial charge is 0.486 e. The van der Waals surface area contributed by atoms with Gasteiger partial charge in [0.2, 0.25) is 0 Å². The number of hydrogen-bond donors (Lipinski definition) is 1. The first-order chi connectivity index (χ1) is 12.2. The van der Waals surface area contributed by atoms with Gasteiger partial charge < -0.3 is 19.7 Å². The Bertz CT molecular complexity index is 608. The average Bonchev–Trinajstić information content (AvgIpc) is 3.26. The van der Waals surface area contributed by atoms with Gasteiger partial charge in [-0.25, -0.2) is 4.39 Å². The maximum absolute atomic E-state index is 13.8. The number of nitrogens with one attached hydrogen (secondary N) is 1. The number of guanidine groups is 1. The molecule has 5 nitrogen and oxygen atoms in total. The van der Waals surface area contributed by atoms with Crippen molar-refractivity contribution in [1.29, 1.82) is 0 Å². The lowest BCUT2D eigenvalue weighted by atomic mass is 9.87. The Labute approximate surface area is 172 Å². The standard InChI is InChI=1S/C19H28FN3O2.HI/c1-3-15(25-17-7-5-4-6-16(17)20)12-22-18(21-2)23-10-8-19(13-23)9-11-24-14-19;/h4-7,15H,3,8-14H2,1-2H3,(H,21,22);1H. The van der Waals surface area contributed by atoms with Gasteiger partial charge in [-0.05, 0) is 31.4 Å². The predicted octanol–water partition coefficient (Wildman–Crippen LogP) is 3.29. The lowest BCUT2D eigenvalue weighted by Gasteiger charge is -2.26. The van der Waals surface area contributed by atoms with Crippen molar-refractivity contribution in [2.45, 2.75) is 32.3 Å². The fraction of sp³-hybridized carbons (Fsp3) is 0.632. The molecule has 2 fully saturated rings. The molecule has 1 N–H and O–H groups in total. The van der Waals surface area contributed by atoms with Crippen LogP contribution in [-0.4, -0.2) is 56.9 Å². The molecule has 2 unspecified atom stereocenters. The monoisotopic (exact) mass is 477 g/mol. The minimum atomic E-state index is -0.326. The first kappa shape index (κ1) is 21.2. The average molecular weight is 477 g/mol. The normalized spacial score (nSPS) is 23.8. The molecule has 3 rings (SSSR count). The minimum Gasteiger partial charge on any atom is -0.486 e. The van der Waals surface area contributed by atoms with E-state index in [0.29, 0.717) is 17.7 Å². The Balaban J connectivity index is 0.00000243. The minimum absolute atomic E-state index is 0. The lowest BCUT2D eigenvalue weighted by Crippen LogP contribution is -2.45. The quantitative estimate of drug-likeness (QED) is 0.402. The topological polar surface area (TPSA) is 46.1 Å². The molecule has 0 bridgehead atoms. The van der Waals surface area contributed by atoms with Gasteiger partial charge in [0.15, 0.2) is 17.5 Å². The van der Waals surface area contributed by atoms with Gasteiger partial charge >= 0.3 is 0 Å². The number of likely N-dealkylation sites (tertiary alicyclic amines) is 1. The Hall–Kier alpha value is -1.09. The zero-order valence-corrected chi connectivity index (χ0v) is 17.9. The highest BCUT2D eigenvalue weighted by Gasteiger charge is 2.42. The maximum atomic E-state index is 13.8. The number of halogens is 2. The van der Waals surface area contributed by atoms with Crippen LogP contribution in [0.2, 0.25) is 0 Å². The molecule has 1 aromatic rings. The maximum Gasteiger partial charge on any atom is 0.193 e. The smallest absolute Gasteiger partial charge is 0.193 e. The number of para-hydroxylation sites is 1. The van der Waals surface area contributed by atoms with E-state index in [2.05, 4.69) is 15.2 Å². The van der Waals surface area contributed by atoms with E-state index in [-0.39, 0.29) is 35.9 Å². The van der Waals surface area contributed by atoms with Crippen LogP contribution in [0.25, 0.3) is 0 Å². The lowest BCUT2D eigenvalue weighted by molar-refractivity contribution is 0.156. The number of aliphatic imine (C=N–C) groups is 1. The zero-order valence-electron chi connectivity index (χ0n) is 15.5. The van der Waals surface area contributed by atoms with Crippen LogP contribution >= 0.6 is 24.0 Å². The van der Waals surface area contributed by atoms with Gasteiger partial charge in [0.1, 0.15) is 6.10 Å². The van der Waals surface area contributed by atoms with Gasteiger partial charge in [-0.2, -0.15) is 0 Å². The predicted molar refractivity (Wildman–Crippen MR) is 112 cm³/mol. The van der Waals surface area contributed by atoms with Crippen LogP contribution in [0.5, 0.6) is 5.75 Å². The summed E-state index contributed by atoms with van der Waals surface area (Å²) in [5.74, 6) is 0.863. The Kier molecular flexibility index (Phi) is 7.94. The van der Waals surface area contributed by atoms with Gasteiger partial charge in [-0.1, -0.05) is 19.1 Å². The van der Waals surface area contributed by atoms with Crippen molar-refractivity contribution in [3.63, 3.8) is 0 Å². The van der Waals surface area contributed by atoms with Gasteiger partial charge in [0, 0.05) is 32.2 Å². The highest BCUT2D eigenvalue weighted by Crippen LogP contribution is 2.38. The molecule has 0 amide bonds. The Morgan fingerprint density at radius 3 is 2.88 bits per heavy atom. The molecule has 26 heavy (non-hydrogen) atoms. The van der Waals surface area contributed by atoms with Crippen LogP contribution in [0.1, 0.15) is 26.2 Å². The molecule has 0 aliphatic carbocycles. The van der Waals surface area contributed by atoms with Crippen molar-refractivity contribution in [2.75, 3.05) is 39.9 Å². The second kappa shape index (κ2) is 9.73. The summed E-state index contributed by atoms with van der Waals surface area (Å²) >= 11 is 0. The van der Waals surface area contributed by atoms with E-state index >= 15 is 0 Å². The first-order valence-corrected chi connectivity index (χ1v) is 9.10. The molecule has 2 aliphatic heterocycles. The molecule has 0 aromatic heterocycles. The number of rotatable bonds is 5. The third-order valence-corrected chi connectivity index (χ3v) is 5.21. The van der Waals surface area contributed by atoms with Crippen LogP contribution in [0, 0.1) is 11.2 Å². The molecule has 2 atom stereocenters. The molecule has 1 spiro atoms. The summed E-state index contributed by atoms with van der Waals surface area (Å²) in [7, 11) is 1.80. The summed E-state index contributed by atoms with van der Waals surface area (Å²) in [5.41, 5.74) is 0.297. The van der Waals surface area contributed by atoms with Crippen molar-refractivity contribution in [3.8, 4) is 5.75 Å². The molecule has 1 aromatic carbocycles. The van der Waals surface area contributed by atoms with Crippen molar-refractivity contribution in [2.24, 2.45) is 10.4 Å². The van der Waals surface area contributed by atoms with Crippen LogP contribution < -0.4 is 10.1 Å². The third kappa shape index (κ3) is 5.00. The third-order valence-electron chi connectivity index (χ3n) is 5.21. The highest BCUT2D eigenvalue weighted by atomic mass is 127. The number of hydrogen-bond acceptors (Lipinski definition) is 3. The molecule has 2 heterocycles. The van der Waals surface area contributed by atoms with E-state index in [9.17, 15) is 4.39 Å². The molecular weight excluding hydrogens is 448 g/mol. The summed E-state index contributed by atoms with van der Waals surface area (Å²) < 4.78 is 25.2. The van der Waals surface area contributed by atoms with Crippen molar-refractivity contribution in [3.05, 3.63) is 30.1 Å². The van der Waals surface area contributed by atoms with Crippen molar-refractivity contribution in [1.82, 2.24) is 10.2 Å². The van der Waals surface area contributed by atoms with Crippen LogP contribution in [0.4, 0.5) is 4.39 Å². The molecule has 7 heteroatoms. The van der Waals surface area contributed by atoms with Crippen molar-refractivity contribution < 1.29 is 13.9 Å². The van der Waals surface area contributed by atoms with Crippen LogP contribution in [0.3, 0.4) is 0 Å². The van der Waals surface area contributed by atoms with E-state index in [0.717, 1.165) is 51.5 Å². The van der Waals surface area contributed by atoms with Gasteiger partial charge in [0.05, 0.1) is 13.2 Å². The van der Waals surface area contributed by atoms with E-state index in [1.165, 1.54) is 6.07 Å². The second-order valence-electron chi connectivity index (χ2n) is 6.98. The zero-order chi connectivity index (χ0) is 17.7. The number of nitrogens with zero attached hydrogens (tertiary/aromatic N) is 2. The summed E-state index contributed by atoms with van der Waals surface area (Å²) in [6.07, 6.45) is 2.96. The molecule has 2 aliphatic rings. The van der Waals surface area contributed by atoms with Gasteiger partial charge in [0.25, 0.3) is 0 Å². The Morgan fingerprint density at radius 2 is 2.23 bits per heavy atom. The highest BCUT2D eigenvalue weighted by molar-refractivity contribution is 14.0. The number of ether oxygens (including phenoxy) is 2. The molecular formula is C19H29FIN3O2. The van der Waals surface area contributed by atoms with Gasteiger partial charge in [-0.15, -0.1) is 24.0 Å². The molecule has 0 saturated carbocycles. The van der Waals surface area contributed by atoms with E-state index in [4.69, 9.17) is 9.47 Å². The summed E-state index contributed by atoms with van der Waals surface area (Å²) in [6, 6.07) is 6.53. The van der Waals surface area contributed by atoms with E-state index in [1.807, 2.05) is 6.92 Å². The van der Waals surface area contributed by atoms with Crippen molar-refractivity contribution >= 4 is 29.9 Å². The SMILES string of the molecule is CCC(CNC(=NC)N1CCC2(CCOC2)C1)Oc1ccccc1F.I. The van der Waals surface area contributed by atoms with E-state index in [1.54, 1.807) is 25.2 Å². The molecule has 0 radical (unpaired) electrons. The van der Waals surface area contributed by atoms with Crippen LogP contribution in [0.15, 0.2) is 29.3 Å². The molecule has 146 valence electrons. The van der Waals surface area contributed by atoms with Gasteiger partial charge in [-0.3, -0.25) is 4.99 Å². The fourth-order valence-corrected chi connectivity index (χ4v) is 3.61. The van der Waals surface area contributed by atoms with Crippen LogP contribution in [-0.2, 0) is 4.74 Å². The first-order valence-electron chi connectivity index (χ1n) is 9.10. The molecule has 2 saturated heterocycles. The fourth-order valence-electron chi connectivity index (χ4n) is 3.61. The Morgan fingerprint density at radius 1 is 1.42 bits per heavy atom. The number of benzene rings is 1.